The summed E-state index contributed by atoms with van der Waals surface area (Å²) in [5.74, 6) is -0.625. The van der Waals surface area contributed by atoms with Gasteiger partial charge in [0.1, 0.15) is 0 Å². The van der Waals surface area contributed by atoms with Crippen molar-refractivity contribution in [2.75, 3.05) is 5.73 Å². The normalized spacial score (nSPS) is 10.3. The molecule has 0 radical (unpaired) electrons. The van der Waals surface area contributed by atoms with Gasteiger partial charge in [0.2, 0.25) is 5.88 Å². The molecule has 2 rings (SSSR count). The summed E-state index contributed by atoms with van der Waals surface area (Å²) in [6.07, 6.45) is 1.36. The molecule has 0 unspecified atom stereocenters. The van der Waals surface area contributed by atoms with E-state index in [9.17, 15) is 4.39 Å². The number of rotatable bonds is 2. The summed E-state index contributed by atoms with van der Waals surface area (Å²) in [6, 6.07) is 5.87. The lowest BCUT2D eigenvalue weighted by Crippen LogP contribution is -1.96. The van der Waals surface area contributed by atoms with Crippen LogP contribution in [0.25, 0.3) is 0 Å². The second kappa shape index (κ2) is 4.77. The standard InChI is InChI=1S/C11H7Cl2FN2O/c12-6-4-8(15)11(16-5-6)17-9-3-1-2-7(13)10(9)14/h1-5H,15H2. The van der Waals surface area contributed by atoms with Crippen LogP contribution in [0.2, 0.25) is 10.0 Å². The summed E-state index contributed by atoms with van der Waals surface area (Å²) in [7, 11) is 0. The number of aromatic nitrogens is 1. The first-order valence-electron chi connectivity index (χ1n) is 4.61. The van der Waals surface area contributed by atoms with E-state index in [0.29, 0.717) is 5.02 Å². The third-order valence-electron chi connectivity index (χ3n) is 1.97. The zero-order valence-electron chi connectivity index (χ0n) is 8.45. The molecular weight excluding hydrogens is 266 g/mol. The van der Waals surface area contributed by atoms with Crippen LogP contribution >= 0.6 is 23.2 Å². The lowest BCUT2D eigenvalue weighted by Gasteiger charge is -2.08. The van der Waals surface area contributed by atoms with Crippen molar-refractivity contribution in [3.63, 3.8) is 0 Å². The molecule has 88 valence electrons. The highest BCUT2D eigenvalue weighted by molar-refractivity contribution is 6.31. The van der Waals surface area contributed by atoms with Crippen molar-refractivity contribution in [2.45, 2.75) is 0 Å². The predicted molar refractivity (Wildman–Crippen MR) is 65.1 cm³/mol. The van der Waals surface area contributed by atoms with Gasteiger partial charge in [-0.3, -0.25) is 0 Å². The van der Waals surface area contributed by atoms with E-state index in [1.54, 1.807) is 6.07 Å². The van der Waals surface area contributed by atoms with Gasteiger partial charge in [0, 0.05) is 6.20 Å². The van der Waals surface area contributed by atoms with Gasteiger partial charge in [-0.1, -0.05) is 29.3 Å². The van der Waals surface area contributed by atoms with Crippen LogP contribution in [-0.2, 0) is 0 Å². The highest BCUT2D eigenvalue weighted by atomic mass is 35.5. The van der Waals surface area contributed by atoms with E-state index in [4.69, 9.17) is 33.7 Å². The minimum Gasteiger partial charge on any atom is -0.434 e. The lowest BCUT2D eigenvalue weighted by molar-refractivity contribution is 0.430. The average Bonchev–Trinajstić information content (AvgIpc) is 2.28. The third kappa shape index (κ3) is 2.60. The Morgan fingerprint density at radius 2 is 2.06 bits per heavy atom. The van der Waals surface area contributed by atoms with E-state index < -0.39 is 5.82 Å². The van der Waals surface area contributed by atoms with Gasteiger partial charge in [-0.25, -0.2) is 9.37 Å². The molecule has 2 N–H and O–H groups in total. The average molecular weight is 273 g/mol. The van der Waals surface area contributed by atoms with Gasteiger partial charge < -0.3 is 10.5 Å². The number of ether oxygens (including phenoxy) is 1. The largest absolute Gasteiger partial charge is 0.434 e. The van der Waals surface area contributed by atoms with Gasteiger partial charge in [-0.05, 0) is 18.2 Å². The fourth-order valence-corrected chi connectivity index (χ4v) is 1.53. The Hall–Kier alpha value is -1.52. The Balaban J connectivity index is 2.35. The van der Waals surface area contributed by atoms with Crippen molar-refractivity contribution in [3.05, 3.63) is 46.3 Å². The molecule has 0 aliphatic carbocycles. The maximum absolute atomic E-state index is 13.5. The molecular formula is C11H7Cl2FN2O. The van der Waals surface area contributed by atoms with Crippen molar-refractivity contribution in [1.29, 1.82) is 0 Å². The van der Waals surface area contributed by atoms with Gasteiger partial charge >= 0.3 is 0 Å². The first-order valence-corrected chi connectivity index (χ1v) is 5.36. The van der Waals surface area contributed by atoms with Crippen molar-refractivity contribution >= 4 is 28.9 Å². The van der Waals surface area contributed by atoms with Crippen LogP contribution in [0.15, 0.2) is 30.5 Å². The van der Waals surface area contributed by atoms with E-state index in [1.807, 2.05) is 0 Å². The van der Waals surface area contributed by atoms with Crippen LogP contribution < -0.4 is 10.5 Å². The lowest BCUT2D eigenvalue weighted by atomic mass is 10.3. The second-order valence-corrected chi connectivity index (χ2v) is 4.05. The molecule has 0 saturated heterocycles. The van der Waals surface area contributed by atoms with Crippen molar-refractivity contribution in [1.82, 2.24) is 4.98 Å². The number of pyridine rings is 1. The zero-order chi connectivity index (χ0) is 12.4. The minimum atomic E-state index is -0.662. The van der Waals surface area contributed by atoms with Crippen LogP contribution in [0.3, 0.4) is 0 Å². The molecule has 1 heterocycles. The molecule has 2 aromatic rings. The molecule has 6 heteroatoms. The summed E-state index contributed by atoms with van der Waals surface area (Å²) in [6.45, 7) is 0. The molecule has 0 fully saturated rings. The predicted octanol–water partition coefficient (Wildman–Crippen LogP) is 3.90. The van der Waals surface area contributed by atoms with Crippen LogP contribution in [-0.4, -0.2) is 4.98 Å². The molecule has 0 amide bonds. The Bertz CT molecular complexity index is 563. The molecule has 1 aromatic carbocycles. The number of benzene rings is 1. The maximum atomic E-state index is 13.5. The van der Waals surface area contributed by atoms with E-state index in [0.717, 1.165) is 0 Å². The maximum Gasteiger partial charge on any atom is 0.242 e. The first kappa shape index (κ1) is 12.0. The van der Waals surface area contributed by atoms with Crippen molar-refractivity contribution < 1.29 is 9.13 Å². The highest BCUT2D eigenvalue weighted by Gasteiger charge is 2.11. The molecule has 0 spiro atoms. The van der Waals surface area contributed by atoms with E-state index in [2.05, 4.69) is 4.98 Å². The molecule has 17 heavy (non-hydrogen) atoms. The number of hydrogen-bond donors (Lipinski definition) is 1. The third-order valence-corrected chi connectivity index (χ3v) is 2.47. The van der Waals surface area contributed by atoms with Crippen LogP contribution in [0.1, 0.15) is 0 Å². The number of nitrogens with two attached hydrogens (primary N) is 1. The van der Waals surface area contributed by atoms with Gasteiger partial charge in [-0.2, -0.15) is 0 Å². The topological polar surface area (TPSA) is 48.1 Å². The quantitative estimate of drug-likeness (QED) is 0.902. The molecule has 1 aromatic heterocycles. The highest BCUT2D eigenvalue weighted by Crippen LogP contribution is 2.31. The van der Waals surface area contributed by atoms with Crippen molar-refractivity contribution in [3.8, 4) is 11.6 Å². The Kier molecular flexibility index (Phi) is 3.36. The molecule has 0 aliphatic heterocycles. The Morgan fingerprint density at radius 3 is 2.76 bits per heavy atom. The monoisotopic (exact) mass is 272 g/mol. The van der Waals surface area contributed by atoms with Gasteiger partial charge in [0.05, 0.1) is 15.7 Å². The SMILES string of the molecule is Nc1cc(Cl)cnc1Oc1cccc(Cl)c1F. The zero-order valence-corrected chi connectivity index (χ0v) is 9.97. The summed E-state index contributed by atoms with van der Waals surface area (Å²) in [4.78, 5) is 3.85. The number of nitrogens with zero attached hydrogens (tertiary/aromatic N) is 1. The molecule has 3 nitrogen and oxygen atoms in total. The van der Waals surface area contributed by atoms with E-state index >= 15 is 0 Å². The number of halogens is 3. The summed E-state index contributed by atoms with van der Waals surface area (Å²) >= 11 is 11.3. The smallest absolute Gasteiger partial charge is 0.242 e. The number of anilines is 1. The minimum absolute atomic E-state index is 0.0324. The van der Waals surface area contributed by atoms with E-state index in [-0.39, 0.29) is 22.3 Å². The molecule has 0 bridgehead atoms. The Morgan fingerprint density at radius 1 is 1.29 bits per heavy atom. The van der Waals surface area contributed by atoms with Crippen LogP contribution in [0, 0.1) is 5.82 Å². The number of nitrogen functional groups attached to an aromatic ring is 1. The van der Waals surface area contributed by atoms with Crippen LogP contribution in [0.5, 0.6) is 11.6 Å². The fraction of sp³-hybridized carbons (Fsp3) is 0. The van der Waals surface area contributed by atoms with Gasteiger partial charge in [0.25, 0.3) is 0 Å². The Labute approximate surface area is 107 Å². The summed E-state index contributed by atoms with van der Waals surface area (Å²) in [5, 5.41) is 0.344. The van der Waals surface area contributed by atoms with Gasteiger partial charge in [0.15, 0.2) is 11.6 Å². The van der Waals surface area contributed by atoms with E-state index in [1.165, 1.54) is 24.4 Å². The van der Waals surface area contributed by atoms with Crippen molar-refractivity contribution in [2.24, 2.45) is 0 Å². The first-order chi connectivity index (χ1) is 8.08. The molecule has 0 aliphatic rings. The second-order valence-electron chi connectivity index (χ2n) is 3.20. The molecule has 0 saturated carbocycles. The number of hydrogen-bond acceptors (Lipinski definition) is 3. The fourth-order valence-electron chi connectivity index (χ4n) is 1.19. The van der Waals surface area contributed by atoms with Crippen LogP contribution in [0.4, 0.5) is 10.1 Å². The van der Waals surface area contributed by atoms with Gasteiger partial charge in [-0.15, -0.1) is 0 Å². The summed E-state index contributed by atoms with van der Waals surface area (Å²) < 4.78 is 18.8. The molecule has 0 atom stereocenters. The summed E-state index contributed by atoms with van der Waals surface area (Å²) in [5.41, 5.74) is 5.85.